The summed E-state index contributed by atoms with van der Waals surface area (Å²) in [5, 5.41) is 9.92. The molecule has 0 unspecified atom stereocenters. The van der Waals surface area contributed by atoms with Crippen LogP contribution in [0.15, 0.2) is 30.3 Å². The van der Waals surface area contributed by atoms with E-state index in [0.29, 0.717) is 26.2 Å². The first-order valence-electron chi connectivity index (χ1n) is 10.8. The predicted molar refractivity (Wildman–Crippen MR) is 111 cm³/mol. The van der Waals surface area contributed by atoms with Crippen LogP contribution in [0.1, 0.15) is 19.3 Å². The maximum atomic E-state index is 12.9. The van der Waals surface area contributed by atoms with Crippen molar-refractivity contribution in [3.63, 3.8) is 0 Å². The summed E-state index contributed by atoms with van der Waals surface area (Å²) in [6, 6.07) is 10.6. The highest BCUT2D eigenvalue weighted by molar-refractivity contribution is 5.77. The van der Waals surface area contributed by atoms with E-state index < -0.39 is 6.10 Å². The average molecular weight is 404 g/mol. The lowest BCUT2D eigenvalue weighted by molar-refractivity contribution is -0.157. The molecule has 3 aliphatic rings. The van der Waals surface area contributed by atoms with Crippen LogP contribution in [0.5, 0.6) is 0 Å². The van der Waals surface area contributed by atoms with E-state index in [2.05, 4.69) is 34.1 Å². The number of benzene rings is 1. The molecule has 0 spiro atoms. The molecule has 1 amide bonds. The van der Waals surface area contributed by atoms with E-state index in [1.165, 1.54) is 5.69 Å². The summed E-state index contributed by atoms with van der Waals surface area (Å²) >= 11 is 0. The molecule has 1 N–H and O–H groups in total. The second-order valence-corrected chi connectivity index (χ2v) is 8.48. The van der Waals surface area contributed by atoms with Crippen molar-refractivity contribution < 1.29 is 19.4 Å². The number of anilines is 1. The molecule has 29 heavy (non-hydrogen) atoms. The summed E-state index contributed by atoms with van der Waals surface area (Å²) < 4.78 is 11.9. The van der Waals surface area contributed by atoms with Gasteiger partial charge >= 0.3 is 0 Å². The van der Waals surface area contributed by atoms with Crippen LogP contribution in [0, 0.1) is 0 Å². The quantitative estimate of drug-likeness (QED) is 0.811. The number of β-amino-alcohol motifs (C(OH)–C–C–N with tert-alkyl or cyclic N) is 1. The number of nitrogens with zero attached hydrogens (tertiary/aromatic N) is 3. The molecule has 0 saturated carbocycles. The molecule has 7 heteroatoms. The van der Waals surface area contributed by atoms with Crippen LogP contribution in [-0.2, 0) is 14.3 Å². The zero-order chi connectivity index (χ0) is 20.2. The summed E-state index contributed by atoms with van der Waals surface area (Å²) in [6.45, 7) is 4.67. The lowest BCUT2D eigenvalue weighted by Crippen LogP contribution is -2.55. The highest BCUT2D eigenvalue weighted by atomic mass is 16.5. The van der Waals surface area contributed by atoms with Gasteiger partial charge in [0.2, 0.25) is 5.91 Å². The van der Waals surface area contributed by atoms with Crippen LogP contribution in [0.4, 0.5) is 5.69 Å². The molecular formula is C22H33N3O4. The first kappa shape index (κ1) is 20.6. The average Bonchev–Trinajstić information content (AvgIpc) is 2.73. The number of piperazine rings is 1. The molecule has 160 valence electrons. The van der Waals surface area contributed by atoms with E-state index >= 15 is 0 Å². The molecule has 0 radical (unpaired) electrons. The molecule has 7 nitrogen and oxygen atoms in total. The number of rotatable bonds is 3. The van der Waals surface area contributed by atoms with Gasteiger partial charge < -0.3 is 24.4 Å². The Morgan fingerprint density at radius 3 is 2.62 bits per heavy atom. The first-order chi connectivity index (χ1) is 14.1. The lowest BCUT2D eigenvalue weighted by atomic mass is 9.95. The van der Waals surface area contributed by atoms with Gasteiger partial charge in [-0.25, -0.2) is 0 Å². The van der Waals surface area contributed by atoms with E-state index in [1.807, 2.05) is 18.0 Å². The molecule has 3 fully saturated rings. The summed E-state index contributed by atoms with van der Waals surface area (Å²) in [5.41, 5.74) is 1.22. The van der Waals surface area contributed by atoms with Gasteiger partial charge in [-0.1, -0.05) is 18.2 Å². The minimum Gasteiger partial charge on any atom is -0.389 e. The maximum absolute atomic E-state index is 12.9. The van der Waals surface area contributed by atoms with Gasteiger partial charge in [-0.05, 0) is 32.0 Å². The highest BCUT2D eigenvalue weighted by Crippen LogP contribution is 2.27. The standard InChI is InChI=1S/C22H33N3O4/c1-23-14-18(26)15-28-16-21-20(23)8-7-19(29-21)13-22(27)25-11-9-24(10-12-25)17-5-3-2-4-6-17/h2-6,18-21,26H,7-16H2,1H3/t18-,19+,20+,21-/m1/s1. The molecular weight excluding hydrogens is 370 g/mol. The fraction of sp³-hybridized carbons (Fsp3) is 0.682. The predicted octanol–water partition coefficient (Wildman–Crippen LogP) is 0.964. The van der Waals surface area contributed by atoms with Crippen molar-refractivity contribution in [2.75, 3.05) is 57.9 Å². The number of hydrogen-bond acceptors (Lipinski definition) is 6. The number of likely N-dealkylation sites (N-methyl/N-ethyl adjacent to an activating group) is 1. The minimum atomic E-state index is -0.449. The third-order valence-corrected chi connectivity index (χ3v) is 6.39. The fourth-order valence-electron chi connectivity index (χ4n) is 4.77. The Morgan fingerprint density at radius 2 is 1.86 bits per heavy atom. The van der Waals surface area contributed by atoms with Crippen molar-refractivity contribution in [2.45, 2.75) is 43.6 Å². The Kier molecular flexibility index (Phi) is 6.70. The van der Waals surface area contributed by atoms with E-state index in [1.54, 1.807) is 0 Å². The molecule has 4 atom stereocenters. The summed E-state index contributed by atoms with van der Waals surface area (Å²) in [7, 11) is 2.03. The van der Waals surface area contributed by atoms with Crippen molar-refractivity contribution in [1.82, 2.24) is 9.80 Å². The number of aliphatic hydroxyl groups excluding tert-OH is 1. The largest absolute Gasteiger partial charge is 0.389 e. The second-order valence-electron chi connectivity index (χ2n) is 8.48. The number of carbonyl (C=O) groups excluding carboxylic acids is 1. The van der Waals surface area contributed by atoms with Crippen LogP contribution >= 0.6 is 0 Å². The van der Waals surface area contributed by atoms with Crippen LogP contribution in [0.2, 0.25) is 0 Å². The smallest absolute Gasteiger partial charge is 0.225 e. The third kappa shape index (κ3) is 5.09. The summed E-state index contributed by atoms with van der Waals surface area (Å²) in [5.74, 6) is 0.191. The topological polar surface area (TPSA) is 65.5 Å². The Balaban J connectivity index is 1.26. The van der Waals surface area contributed by atoms with Gasteiger partial charge in [0, 0.05) is 44.5 Å². The fourth-order valence-corrected chi connectivity index (χ4v) is 4.77. The van der Waals surface area contributed by atoms with Gasteiger partial charge in [0.25, 0.3) is 0 Å². The van der Waals surface area contributed by atoms with E-state index in [9.17, 15) is 9.90 Å². The minimum absolute atomic E-state index is 0.0334. The Hall–Kier alpha value is -1.67. The van der Waals surface area contributed by atoms with Crippen LogP contribution < -0.4 is 4.90 Å². The van der Waals surface area contributed by atoms with Gasteiger partial charge in [0.15, 0.2) is 0 Å². The number of ether oxygens (including phenoxy) is 2. The van der Waals surface area contributed by atoms with Crippen molar-refractivity contribution >= 4 is 11.6 Å². The van der Waals surface area contributed by atoms with Crippen molar-refractivity contribution in [3.8, 4) is 0 Å². The van der Waals surface area contributed by atoms with E-state index in [0.717, 1.165) is 39.0 Å². The molecule has 4 rings (SSSR count). The monoisotopic (exact) mass is 403 g/mol. The zero-order valence-corrected chi connectivity index (χ0v) is 17.3. The van der Waals surface area contributed by atoms with Gasteiger partial charge in [0.05, 0.1) is 37.9 Å². The van der Waals surface area contributed by atoms with Gasteiger partial charge in [-0.3, -0.25) is 9.69 Å². The Labute approximate surface area is 173 Å². The number of hydrogen-bond donors (Lipinski definition) is 1. The van der Waals surface area contributed by atoms with Gasteiger partial charge in [0.1, 0.15) is 0 Å². The molecule has 3 saturated heterocycles. The maximum Gasteiger partial charge on any atom is 0.225 e. The normalized spacial score (nSPS) is 31.7. The number of amides is 1. The lowest BCUT2D eigenvalue weighted by Gasteiger charge is -2.43. The van der Waals surface area contributed by atoms with Crippen LogP contribution in [-0.4, -0.2) is 98.2 Å². The van der Waals surface area contributed by atoms with Crippen LogP contribution in [0.25, 0.3) is 0 Å². The molecule has 3 heterocycles. The van der Waals surface area contributed by atoms with Gasteiger partial charge in [-0.2, -0.15) is 0 Å². The molecule has 0 bridgehead atoms. The number of aliphatic hydroxyl groups is 1. The molecule has 3 aliphatic heterocycles. The number of carbonyl (C=O) groups is 1. The van der Waals surface area contributed by atoms with E-state index in [4.69, 9.17) is 9.47 Å². The first-order valence-corrected chi connectivity index (χ1v) is 10.8. The highest BCUT2D eigenvalue weighted by Gasteiger charge is 2.37. The number of fused-ring (bicyclic) bond motifs is 1. The van der Waals surface area contributed by atoms with Crippen molar-refractivity contribution in [3.05, 3.63) is 30.3 Å². The summed E-state index contributed by atoms with van der Waals surface area (Å²) in [4.78, 5) is 19.3. The molecule has 1 aromatic carbocycles. The Bertz CT molecular complexity index is 665. The van der Waals surface area contributed by atoms with Crippen molar-refractivity contribution in [1.29, 1.82) is 0 Å². The zero-order valence-electron chi connectivity index (χ0n) is 17.3. The van der Waals surface area contributed by atoms with Crippen LogP contribution in [0.3, 0.4) is 0 Å². The second kappa shape index (κ2) is 9.43. The summed E-state index contributed by atoms with van der Waals surface area (Å²) in [6.07, 6.45) is 1.76. The van der Waals surface area contributed by atoms with Gasteiger partial charge in [-0.15, -0.1) is 0 Å². The SMILES string of the molecule is CN1C[C@@H](O)COC[C@H]2O[C@H](CC(=O)N3CCN(c4ccccc4)CC3)CC[C@@H]21. The molecule has 0 aliphatic carbocycles. The Morgan fingerprint density at radius 1 is 1.10 bits per heavy atom. The van der Waals surface area contributed by atoms with E-state index in [-0.39, 0.29) is 24.2 Å². The van der Waals surface area contributed by atoms with Crippen molar-refractivity contribution in [2.24, 2.45) is 0 Å². The molecule has 0 aromatic heterocycles. The number of para-hydroxylation sites is 1. The third-order valence-electron chi connectivity index (χ3n) is 6.39. The molecule has 1 aromatic rings.